The Balaban J connectivity index is 1.78. The first-order valence-electron chi connectivity index (χ1n) is 8.51. The molecule has 0 spiro atoms. The zero-order valence-electron chi connectivity index (χ0n) is 14.0. The molecule has 1 amide bonds. The minimum absolute atomic E-state index is 0.108. The molecular formula is C18H25F3N2O. The molecule has 2 rings (SSSR count). The van der Waals surface area contributed by atoms with Gasteiger partial charge in [-0.05, 0) is 55.8 Å². The van der Waals surface area contributed by atoms with Crippen LogP contribution in [0.2, 0.25) is 0 Å². The molecule has 24 heavy (non-hydrogen) atoms. The van der Waals surface area contributed by atoms with Gasteiger partial charge in [-0.15, -0.1) is 0 Å². The maximum absolute atomic E-state index is 12.8. The number of carbonyl (C=O) groups excluding carboxylic acids is 1. The third kappa shape index (κ3) is 5.82. The van der Waals surface area contributed by atoms with Gasteiger partial charge < -0.3 is 10.6 Å². The Morgan fingerprint density at radius 1 is 1.42 bits per heavy atom. The van der Waals surface area contributed by atoms with Gasteiger partial charge in [0.1, 0.15) is 0 Å². The molecule has 1 aliphatic heterocycles. The molecule has 1 saturated heterocycles. The number of alkyl halides is 3. The molecule has 0 aliphatic carbocycles. The van der Waals surface area contributed by atoms with Crippen LogP contribution in [0.15, 0.2) is 24.3 Å². The molecule has 1 fully saturated rings. The van der Waals surface area contributed by atoms with E-state index in [-0.39, 0.29) is 18.2 Å². The highest BCUT2D eigenvalue weighted by Crippen LogP contribution is 2.31. The first kappa shape index (κ1) is 18.8. The summed E-state index contributed by atoms with van der Waals surface area (Å²) in [6.07, 6.45) is -0.859. The summed E-state index contributed by atoms with van der Waals surface area (Å²) in [6, 6.07) is 5.21. The van der Waals surface area contributed by atoms with E-state index in [0.717, 1.165) is 31.6 Å². The van der Waals surface area contributed by atoms with Gasteiger partial charge in [-0.25, -0.2) is 0 Å². The lowest BCUT2D eigenvalue weighted by atomic mass is 9.95. The Morgan fingerprint density at radius 2 is 2.21 bits per heavy atom. The van der Waals surface area contributed by atoms with Crippen LogP contribution in [0.3, 0.4) is 0 Å². The average molecular weight is 342 g/mol. The predicted octanol–water partition coefficient (Wildman–Crippen LogP) is 3.70. The van der Waals surface area contributed by atoms with Crippen molar-refractivity contribution in [3.63, 3.8) is 0 Å². The molecule has 0 bridgehead atoms. The maximum atomic E-state index is 12.8. The minimum atomic E-state index is -4.36. The van der Waals surface area contributed by atoms with Crippen molar-refractivity contribution in [2.24, 2.45) is 5.92 Å². The summed E-state index contributed by atoms with van der Waals surface area (Å²) in [6.45, 7) is 4.47. The Kier molecular flexibility index (Phi) is 6.66. The molecule has 0 saturated carbocycles. The molecule has 1 heterocycles. The smallest absolute Gasteiger partial charge is 0.356 e. The molecule has 1 aromatic carbocycles. The summed E-state index contributed by atoms with van der Waals surface area (Å²) in [4.78, 5) is 12.0. The molecule has 1 aliphatic rings. The number of piperidine rings is 1. The van der Waals surface area contributed by atoms with E-state index in [9.17, 15) is 18.0 Å². The topological polar surface area (TPSA) is 41.1 Å². The van der Waals surface area contributed by atoms with Crippen LogP contribution in [0.25, 0.3) is 0 Å². The maximum Gasteiger partial charge on any atom is 0.416 e. The van der Waals surface area contributed by atoms with Crippen LogP contribution in [-0.4, -0.2) is 25.5 Å². The van der Waals surface area contributed by atoms with Crippen molar-refractivity contribution in [3.8, 4) is 0 Å². The van der Waals surface area contributed by atoms with E-state index in [4.69, 9.17) is 0 Å². The molecule has 1 aromatic rings. The van der Waals surface area contributed by atoms with Crippen molar-refractivity contribution < 1.29 is 18.0 Å². The molecule has 6 heteroatoms. The van der Waals surface area contributed by atoms with Crippen LogP contribution in [0.1, 0.15) is 49.7 Å². The monoisotopic (exact) mass is 342 g/mol. The van der Waals surface area contributed by atoms with E-state index in [2.05, 4.69) is 10.6 Å². The van der Waals surface area contributed by atoms with Crippen LogP contribution in [0, 0.1) is 5.92 Å². The summed E-state index contributed by atoms with van der Waals surface area (Å²) in [7, 11) is 0. The summed E-state index contributed by atoms with van der Waals surface area (Å²) in [5, 5.41) is 6.23. The van der Waals surface area contributed by atoms with Gasteiger partial charge in [-0.1, -0.05) is 25.1 Å². The number of halogens is 3. The van der Waals surface area contributed by atoms with Crippen LogP contribution < -0.4 is 10.6 Å². The standard InChI is InChI=1S/C18H25F3N2O/c1-13(15-5-2-6-16(11-15)18(19,20)21)10-17(24)23-9-7-14-4-3-8-22-12-14/h2,5-6,11,13-14,22H,3-4,7-10,12H2,1H3,(H,23,24). The van der Waals surface area contributed by atoms with Gasteiger partial charge in [0.2, 0.25) is 5.91 Å². The molecule has 134 valence electrons. The van der Waals surface area contributed by atoms with Gasteiger partial charge in [0.15, 0.2) is 0 Å². The lowest BCUT2D eigenvalue weighted by molar-refractivity contribution is -0.137. The third-order valence-corrected chi connectivity index (χ3v) is 4.55. The lowest BCUT2D eigenvalue weighted by Gasteiger charge is -2.22. The van der Waals surface area contributed by atoms with E-state index in [1.54, 1.807) is 13.0 Å². The molecule has 2 N–H and O–H groups in total. The third-order valence-electron chi connectivity index (χ3n) is 4.55. The molecule has 2 unspecified atom stereocenters. The van der Waals surface area contributed by atoms with Crippen molar-refractivity contribution in [1.29, 1.82) is 0 Å². The molecule has 0 radical (unpaired) electrons. The highest BCUT2D eigenvalue weighted by atomic mass is 19.4. The second-order valence-electron chi connectivity index (χ2n) is 6.58. The number of nitrogens with one attached hydrogen (secondary N) is 2. The number of rotatable bonds is 6. The summed E-state index contributed by atoms with van der Waals surface area (Å²) >= 11 is 0. The normalized spacial score (nSPS) is 19.8. The summed E-state index contributed by atoms with van der Waals surface area (Å²) in [5.74, 6) is 0.243. The van der Waals surface area contributed by atoms with Gasteiger partial charge in [0.25, 0.3) is 0 Å². The Morgan fingerprint density at radius 3 is 2.88 bits per heavy atom. The SMILES string of the molecule is CC(CC(=O)NCCC1CCCNC1)c1cccc(C(F)(F)F)c1. The Hall–Kier alpha value is -1.56. The van der Waals surface area contributed by atoms with Gasteiger partial charge >= 0.3 is 6.18 Å². The molecular weight excluding hydrogens is 317 g/mol. The zero-order valence-corrected chi connectivity index (χ0v) is 14.0. The lowest BCUT2D eigenvalue weighted by Crippen LogP contribution is -2.33. The van der Waals surface area contributed by atoms with Crippen LogP contribution in [-0.2, 0) is 11.0 Å². The zero-order chi connectivity index (χ0) is 17.6. The fourth-order valence-electron chi connectivity index (χ4n) is 3.08. The highest BCUT2D eigenvalue weighted by Gasteiger charge is 2.30. The predicted molar refractivity (Wildman–Crippen MR) is 87.7 cm³/mol. The van der Waals surface area contributed by atoms with Crippen molar-refractivity contribution in [1.82, 2.24) is 10.6 Å². The second kappa shape index (κ2) is 8.51. The highest BCUT2D eigenvalue weighted by molar-refractivity contribution is 5.76. The largest absolute Gasteiger partial charge is 0.416 e. The van der Waals surface area contributed by atoms with Gasteiger partial charge in [-0.2, -0.15) is 13.2 Å². The van der Waals surface area contributed by atoms with E-state index < -0.39 is 11.7 Å². The van der Waals surface area contributed by atoms with E-state index >= 15 is 0 Å². The average Bonchev–Trinajstić information content (AvgIpc) is 2.55. The van der Waals surface area contributed by atoms with Crippen molar-refractivity contribution in [3.05, 3.63) is 35.4 Å². The molecule has 2 atom stereocenters. The second-order valence-corrected chi connectivity index (χ2v) is 6.58. The van der Waals surface area contributed by atoms with Crippen molar-refractivity contribution >= 4 is 5.91 Å². The van der Waals surface area contributed by atoms with E-state index in [1.165, 1.54) is 18.9 Å². The quantitative estimate of drug-likeness (QED) is 0.827. The molecule has 0 aromatic heterocycles. The summed E-state index contributed by atoms with van der Waals surface area (Å²) < 4.78 is 38.3. The number of hydrogen-bond donors (Lipinski definition) is 2. The number of carbonyl (C=O) groups is 1. The first-order valence-corrected chi connectivity index (χ1v) is 8.51. The van der Waals surface area contributed by atoms with E-state index in [0.29, 0.717) is 18.0 Å². The minimum Gasteiger partial charge on any atom is -0.356 e. The van der Waals surface area contributed by atoms with Gasteiger partial charge in [0, 0.05) is 13.0 Å². The molecule has 3 nitrogen and oxygen atoms in total. The fraction of sp³-hybridized carbons (Fsp3) is 0.611. The summed E-state index contributed by atoms with van der Waals surface area (Å²) in [5.41, 5.74) is -0.131. The Labute approximate surface area is 141 Å². The first-order chi connectivity index (χ1) is 11.4. The van der Waals surface area contributed by atoms with Crippen LogP contribution in [0.4, 0.5) is 13.2 Å². The van der Waals surface area contributed by atoms with Gasteiger partial charge in [0.05, 0.1) is 5.56 Å². The van der Waals surface area contributed by atoms with Crippen molar-refractivity contribution in [2.75, 3.05) is 19.6 Å². The fourth-order valence-corrected chi connectivity index (χ4v) is 3.08. The van der Waals surface area contributed by atoms with E-state index in [1.807, 2.05) is 0 Å². The Bertz CT molecular complexity index is 539. The van der Waals surface area contributed by atoms with Gasteiger partial charge in [-0.3, -0.25) is 4.79 Å². The van der Waals surface area contributed by atoms with Crippen molar-refractivity contribution in [2.45, 2.75) is 44.7 Å². The number of amides is 1. The number of benzene rings is 1. The van der Waals surface area contributed by atoms with Crippen LogP contribution in [0.5, 0.6) is 0 Å². The van der Waals surface area contributed by atoms with Crippen LogP contribution >= 0.6 is 0 Å². The number of hydrogen-bond acceptors (Lipinski definition) is 2.